The summed E-state index contributed by atoms with van der Waals surface area (Å²) in [6, 6.07) is 0. The van der Waals surface area contributed by atoms with E-state index in [1.54, 1.807) is 0 Å². The highest BCUT2D eigenvalue weighted by Gasteiger charge is 2.40. The zero-order valence-electron chi connectivity index (χ0n) is 7.34. The van der Waals surface area contributed by atoms with Crippen molar-refractivity contribution in [3.63, 3.8) is 0 Å². The normalized spacial score (nSPS) is 49.2. The summed E-state index contributed by atoms with van der Waals surface area (Å²) in [6.07, 6.45) is -2.79. The summed E-state index contributed by atoms with van der Waals surface area (Å²) in [6.45, 7) is 1.88. The Balaban J connectivity index is 2.65. The topological polar surface area (TPSA) is 69.9 Å². The Hall–Kier alpha value is -0.160. The van der Waals surface area contributed by atoms with Crippen LogP contribution in [0.25, 0.3) is 0 Å². The lowest BCUT2D eigenvalue weighted by Gasteiger charge is -2.38. The van der Waals surface area contributed by atoms with Gasteiger partial charge in [0.15, 0.2) is 0 Å². The monoisotopic (exact) mass is 176 g/mol. The van der Waals surface area contributed by atoms with Gasteiger partial charge in [0.1, 0.15) is 12.2 Å². The number of ether oxygens (including phenoxy) is 1. The molecule has 0 amide bonds. The van der Waals surface area contributed by atoms with Crippen molar-refractivity contribution in [3.05, 3.63) is 0 Å². The molecule has 1 aliphatic carbocycles. The van der Waals surface area contributed by atoms with Crippen molar-refractivity contribution in [1.29, 1.82) is 0 Å². The third kappa shape index (κ3) is 1.61. The average molecular weight is 176 g/mol. The Bertz CT molecular complexity index is 150. The van der Waals surface area contributed by atoms with E-state index in [1.807, 2.05) is 6.92 Å². The predicted octanol–water partition coefficient (Wildman–Crippen LogP) is -0.876. The van der Waals surface area contributed by atoms with Crippen LogP contribution in [0.3, 0.4) is 0 Å². The van der Waals surface area contributed by atoms with Crippen LogP contribution in [0, 0.1) is 5.92 Å². The molecular weight excluding hydrogens is 160 g/mol. The van der Waals surface area contributed by atoms with Crippen LogP contribution in [0.4, 0.5) is 0 Å². The van der Waals surface area contributed by atoms with Crippen LogP contribution in [-0.4, -0.2) is 46.8 Å². The van der Waals surface area contributed by atoms with Gasteiger partial charge in [-0.3, -0.25) is 0 Å². The first kappa shape index (κ1) is 9.92. The maximum atomic E-state index is 9.44. The third-order valence-electron chi connectivity index (χ3n) is 2.53. The molecule has 1 aliphatic rings. The lowest BCUT2D eigenvalue weighted by molar-refractivity contribution is -0.163. The minimum Gasteiger partial charge on any atom is -0.390 e. The molecule has 0 aliphatic heterocycles. The Morgan fingerprint density at radius 3 is 2.25 bits per heavy atom. The van der Waals surface area contributed by atoms with E-state index >= 15 is 0 Å². The van der Waals surface area contributed by atoms with E-state index in [9.17, 15) is 15.3 Å². The molecule has 3 N–H and O–H groups in total. The molecule has 4 nitrogen and oxygen atoms in total. The highest BCUT2D eigenvalue weighted by atomic mass is 16.5. The molecule has 0 aromatic carbocycles. The molecule has 0 spiro atoms. The molecular formula is C8H16O4. The summed E-state index contributed by atoms with van der Waals surface area (Å²) in [4.78, 5) is 0. The second kappa shape index (κ2) is 3.70. The Labute approximate surface area is 71.8 Å². The highest BCUT2D eigenvalue weighted by Crippen LogP contribution is 2.27. The van der Waals surface area contributed by atoms with Gasteiger partial charge in [-0.15, -0.1) is 0 Å². The van der Waals surface area contributed by atoms with Gasteiger partial charge in [0.05, 0.1) is 12.2 Å². The Kier molecular flexibility index (Phi) is 3.06. The standard InChI is InChI=1S/C8H16O4/c1-4-3-5(9)6(10)7(11)8(4)12-2/h4-11H,3H2,1-2H3/t4-,5+,6+,7?,8-/m1/s1. The summed E-state index contributed by atoms with van der Waals surface area (Å²) < 4.78 is 5.01. The molecule has 0 aromatic heterocycles. The molecule has 12 heavy (non-hydrogen) atoms. The molecule has 1 rings (SSSR count). The first-order valence-electron chi connectivity index (χ1n) is 4.15. The number of aliphatic hydroxyl groups excluding tert-OH is 3. The van der Waals surface area contributed by atoms with Crippen molar-refractivity contribution in [2.75, 3.05) is 7.11 Å². The molecule has 0 aromatic rings. The number of aliphatic hydroxyl groups is 3. The van der Waals surface area contributed by atoms with Crippen molar-refractivity contribution >= 4 is 0 Å². The number of methoxy groups -OCH3 is 1. The summed E-state index contributed by atoms with van der Waals surface area (Å²) in [7, 11) is 1.49. The van der Waals surface area contributed by atoms with Gasteiger partial charge in [-0.2, -0.15) is 0 Å². The van der Waals surface area contributed by atoms with Crippen molar-refractivity contribution in [2.45, 2.75) is 37.8 Å². The summed E-state index contributed by atoms with van der Waals surface area (Å²) >= 11 is 0. The number of hydrogen-bond donors (Lipinski definition) is 3. The molecule has 0 bridgehead atoms. The zero-order valence-corrected chi connectivity index (χ0v) is 7.34. The zero-order chi connectivity index (χ0) is 9.30. The fraction of sp³-hybridized carbons (Fsp3) is 1.00. The van der Waals surface area contributed by atoms with Crippen molar-refractivity contribution < 1.29 is 20.1 Å². The van der Waals surface area contributed by atoms with E-state index in [2.05, 4.69) is 0 Å². The van der Waals surface area contributed by atoms with Crippen LogP contribution in [0.15, 0.2) is 0 Å². The van der Waals surface area contributed by atoms with E-state index in [-0.39, 0.29) is 12.0 Å². The Morgan fingerprint density at radius 2 is 1.75 bits per heavy atom. The van der Waals surface area contributed by atoms with Crippen molar-refractivity contribution in [1.82, 2.24) is 0 Å². The fourth-order valence-corrected chi connectivity index (χ4v) is 1.78. The molecule has 1 fully saturated rings. The quantitative estimate of drug-likeness (QED) is 0.485. The lowest BCUT2D eigenvalue weighted by atomic mass is 9.82. The Morgan fingerprint density at radius 1 is 1.17 bits per heavy atom. The van der Waals surface area contributed by atoms with E-state index < -0.39 is 18.3 Å². The second-order valence-corrected chi connectivity index (χ2v) is 3.46. The summed E-state index contributed by atoms with van der Waals surface area (Å²) in [5.41, 5.74) is 0. The van der Waals surface area contributed by atoms with E-state index in [0.717, 1.165) is 0 Å². The van der Waals surface area contributed by atoms with Gasteiger partial charge in [-0.05, 0) is 12.3 Å². The number of hydrogen-bond acceptors (Lipinski definition) is 4. The van der Waals surface area contributed by atoms with Gasteiger partial charge >= 0.3 is 0 Å². The largest absolute Gasteiger partial charge is 0.390 e. The van der Waals surface area contributed by atoms with E-state index in [1.165, 1.54) is 7.11 Å². The summed E-state index contributed by atoms with van der Waals surface area (Å²) in [5.74, 6) is 0.0726. The first-order valence-corrected chi connectivity index (χ1v) is 4.15. The lowest BCUT2D eigenvalue weighted by Crippen LogP contribution is -2.53. The van der Waals surface area contributed by atoms with E-state index in [4.69, 9.17) is 4.74 Å². The van der Waals surface area contributed by atoms with Gasteiger partial charge in [0, 0.05) is 7.11 Å². The maximum absolute atomic E-state index is 9.44. The van der Waals surface area contributed by atoms with Crippen LogP contribution < -0.4 is 0 Å². The second-order valence-electron chi connectivity index (χ2n) is 3.46. The summed E-state index contributed by atoms with van der Waals surface area (Å²) in [5, 5.41) is 28.0. The van der Waals surface area contributed by atoms with Gasteiger partial charge in [0.25, 0.3) is 0 Å². The maximum Gasteiger partial charge on any atom is 0.109 e. The molecule has 0 radical (unpaired) electrons. The third-order valence-corrected chi connectivity index (χ3v) is 2.53. The SMILES string of the molecule is CO[C@H]1C(O)[C@@H](O)[C@@H](O)C[C@H]1C. The van der Waals surface area contributed by atoms with Crippen LogP contribution >= 0.6 is 0 Å². The minimum atomic E-state index is -1.08. The van der Waals surface area contributed by atoms with Crippen LogP contribution in [-0.2, 0) is 4.74 Å². The van der Waals surface area contributed by atoms with Gasteiger partial charge in [-0.1, -0.05) is 6.92 Å². The van der Waals surface area contributed by atoms with Crippen molar-refractivity contribution in [3.8, 4) is 0 Å². The van der Waals surface area contributed by atoms with Crippen LogP contribution in [0.1, 0.15) is 13.3 Å². The molecule has 72 valence electrons. The van der Waals surface area contributed by atoms with Crippen LogP contribution in [0.2, 0.25) is 0 Å². The van der Waals surface area contributed by atoms with Crippen molar-refractivity contribution in [2.24, 2.45) is 5.92 Å². The average Bonchev–Trinajstić information content (AvgIpc) is 2.01. The van der Waals surface area contributed by atoms with Gasteiger partial charge in [0.2, 0.25) is 0 Å². The van der Waals surface area contributed by atoms with Gasteiger partial charge < -0.3 is 20.1 Å². The molecule has 1 saturated carbocycles. The molecule has 0 heterocycles. The van der Waals surface area contributed by atoms with Crippen LogP contribution in [0.5, 0.6) is 0 Å². The number of rotatable bonds is 1. The smallest absolute Gasteiger partial charge is 0.109 e. The molecule has 1 unspecified atom stereocenters. The predicted molar refractivity (Wildman–Crippen MR) is 42.6 cm³/mol. The minimum absolute atomic E-state index is 0.0726. The van der Waals surface area contributed by atoms with Gasteiger partial charge in [-0.25, -0.2) is 0 Å². The fourth-order valence-electron chi connectivity index (χ4n) is 1.78. The molecule has 4 heteroatoms. The highest BCUT2D eigenvalue weighted by molar-refractivity contribution is 4.91. The molecule has 0 saturated heterocycles. The first-order chi connectivity index (χ1) is 5.57. The molecule has 5 atom stereocenters. The van der Waals surface area contributed by atoms with E-state index in [0.29, 0.717) is 6.42 Å².